The average Bonchev–Trinajstić information content (AvgIpc) is 2.93. The van der Waals surface area contributed by atoms with E-state index in [-0.39, 0.29) is 24.3 Å². The molecule has 1 aliphatic rings. The SMILES string of the molecule is CCOc1ccc(Br)cc1/C=C1\SC(=O)N(CCOc2ccc(Cl)cc2)C1=O. The summed E-state index contributed by atoms with van der Waals surface area (Å²) in [6.07, 6.45) is 1.68. The molecule has 2 amide bonds. The fraction of sp³-hybridized carbons (Fsp3) is 0.200. The number of halogens is 2. The molecule has 0 atom stereocenters. The molecule has 0 radical (unpaired) electrons. The lowest BCUT2D eigenvalue weighted by Crippen LogP contribution is -2.32. The van der Waals surface area contributed by atoms with Crippen molar-refractivity contribution in [2.75, 3.05) is 19.8 Å². The lowest BCUT2D eigenvalue weighted by atomic mass is 10.2. The van der Waals surface area contributed by atoms with Crippen LogP contribution in [0.4, 0.5) is 4.79 Å². The van der Waals surface area contributed by atoms with Gasteiger partial charge >= 0.3 is 0 Å². The van der Waals surface area contributed by atoms with Crippen LogP contribution in [0, 0.1) is 0 Å². The van der Waals surface area contributed by atoms with E-state index in [0.717, 1.165) is 21.8 Å². The minimum Gasteiger partial charge on any atom is -0.493 e. The largest absolute Gasteiger partial charge is 0.493 e. The number of benzene rings is 2. The molecule has 0 unspecified atom stereocenters. The van der Waals surface area contributed by atoms with Gasteiger partial charge < -0.3 is 9.47 Å². The van der Waals surface area contributed by atoms with Gasteiger partial charge in [0, 0.05) is 15.1 Å². The fourth-order valence-electron chi connectivity index (χ4n) is 2.54. The molecule has 0 aliphatic carbocycles. The smallest absolute Gasteiger partial charge is 0.293 e. The molecule has 0 bridgehead atoms. The number of carbonyl (C=O) groups is 2. The minimum absolute atomic E-state index is 0.168. The molecule has 2 aromatic rings. The van der Waals surface area contributed by atoms with E-state index in [2.05, 4.69) is 15.9 Å². The van der Waals surface area contributed by atoms with E-state index in [4.69, 9.17) is 21.1 Å². The van der Waals surface area contributed by atoms with Crippen molar-refractivity contribution in [2.24, 2.45) is 0 Å². The third kappa shape index (κ3) is 5.10. The Balaban J connectivity index is 1.68. The Morgan fingerprint density at radius 1 is 1.14 bits per heavy atom. The highest BCUT2D eigenvalue weighted by atomic mass is 79.9. The Morgan fingerprint density at radius 2 is 1.89 bits per heavy atom. The van der Waals surface area contributed by atoms with Crippen LogP contribution in [0.3, 0.4) is 0 Å². The van der Waals surface area contributed by atoms with Crippen LogP contribution in [0.5, 0.6) is 11.5 Å². The summed E-state index contributed by atoms with van der Waals surface area (Å²) in [5.41, 5.74) is 0.735. The Labute approximate surface area is 180 Å². The van der Waals surface area contributed by atoms with Crippen molar-refractivity contribution in [2.45, 2.75) is 6.92 Å². The first-order chi connectivity index (χ1) is 13.5. The lowest BCUT2D eigenvalue weighted by Gasteiger charge is -2.13. The third-order valence-corrected chi connectivity index (χ3v) is 5.48. The highest BCUT2D eigenvalue weighted by Crippen LogP contribution is 2.34. The van der Waals surface area contributed by atoms with E-state index in [1.54, 1.807) is 30.3 Å². The summed E-state index contributed by atoms with van der Waals surface area (Å²) in [6.45, 7) is 2.77. The minimum atomic E-state index is -0.336. The van der Waals surface area contributed by atoms with Crippen LogP contribution >= 0.6 is 39.3 Å². The molecular weight excluding hydrogens is 466 g/mol. The van der Waals surface area contributed by atoms with Crippen molar-refractivity contribution < 1.29 is 19.1 Å². The van der Waals surface area contributed by atoms with Gasteiger partial charge in [0.2, 0.25) is 0 Å². The quantitative estimate of drug-likeness (QED) is 0.480. The zero-order chi connectivity index (χ0) is 20.1. The standard InChI is InChI=1S/C20H17BrClNO4S/c1-2-26-17-8-3-14(21)11-13(17)12-18-19(24)23(20(25)28-18)9-10-27-16-6-4-15(22)5-7-16/h3-8,11-12H,2,9-10H2,1H3/b18-12-. The van der Waals surface area contributed by atoms with E-state index in [1.807, 2.05) is 25.1 Å². The average molecular weight is 483 g/mol. The Kier molecular flexibility index (Phi) is 7.04. The predicted octanol–water partition coefficient (Wildman–Crippen LogP) is 5.62. The van der Waals surface area contributed by atoms with E-state index < -0.39 is 0 Å². The van der Waals surface area contributed by atoms with Gasteiger partial charge in [-0.05, 0) is 67.2 Å². The summed E-state index contributed by atoms with van der Waals surface area (Å²) in [4.78, 5) is 26.5. The molecule has 1 fully saturated rings. The molecule has 0 aromatic heterocycles. The summed E-state index contributed by atoms with van der Waals surface area (Å²) in [5.74, 6) is 0.947. The second kappa shape index (κ2) is 9.49. The van der Waals surface area contributed by atoms with Gasteiger partial charge in [-0.25, -0.2) is 0 Å². The van der Waals surface area contributed by atoms with Crippen LogP contribution < -0.4 is 9.47 Å². The third-order valence-electron chi connectivity index (χ3n) is 3.83. The lowest BCUT2D eigenvalue weighted by molar-refractivity contribution is -0.123. The molecule has 1 aliphatic heterocycles. The molecule has 8 heteroatoms. The van der Waals surface area contributed by atoms with Crippen molar-refractivity contribution in [3.8, 4) is 11.5 Å². The number of carbonyl (C=O) groups excluding carboxylic acids is 2. The predicted molar refractivity (Wildman–Crippen MR) is 115 cm³/mol. The Hall–Kier alpha value is -1.96. The number of nitrogens with zero attached hydrogens (tertiary/aromatic N) is 1. The van der Waals surface area contributed by atoms with Gasteiger partial charge in [-0.15, -0.1) is 0 Å². The zero-order valence-electron chi connectivity index (χ0n) is 15.0. The summed E-state index contributed by atoms with van der Waals surface area (Å²) < 4.78 is 12.0. The van der Waals surface area contributed by atoms with E-state index in [0.29, 0.717) is 28.0 Å². The maximum Gasteiger partial charge on any atom is 0.293 e. The van der Waals surface area contributed by atoms with Crippen molar-refractivity contribution >= 4 is 56.5 Å². The summed E-state index contributed by atoms with van der Waals surface area (Å²) in [5, 5.41) is 0.298. The first-order valence-electron chi connectivity index (χ1n) is 8.54. The first-order valence-corrected chi connectivity index (χ1v) is 10.5. The summed E-state index contributed by atoms with van der Waals surface area (Å²) in [6, 6.07) is 12.4. The second-order valence-corrected chi connectivity index (χ2v) is 8.10. The second-order valence-electron chi connectivity index (χ2n) is 5.75. The van der Waals surface area contributed by atoms with Crippen molar-refractivity contribution in [1.82, 2.24) is 4.90 Å². The monoisotopic (exact) mass is 481 g/mol. The van der Waals surface area contributed by atoms with Gasteiger partial charge in [-0.1, -0.05) is 27.5 Å². The van der Waals surface area contributed by atoms with Crippen LogP contribution in [0.1, 0.15) is 12.5 Å². The number of hydrogen-bond donors (Lipinski definition) is 0. The van der Waals surface area contributed by atoms with E-state index >= 15 is 0 Å². The van der Waals surface area contributed by atoms with Crippen molar-refractivity contribution in [1.29, 1.82) is 0 Å². The van der Waals surface area contributed by atoms with Crippen LogP contribution in [0.2, 0.25) is 5.02 Å². The van der Waals surface area contributed by atoms with Crippen molar-refractivity contribution in [3.05, 3.63) is 62.4 Å². The van der Waals surface area contributed by atoms with Gasteiger partial charge in [-0.2, -0.15) is 0 Å². The number of imide groups is 1. The van der Waals surface area contributed by atoms with Crippen LogP contribution in [0.15, 0.2) is 51.8 Å². The highest BCUT2D eigenvalue weighted by Gasteiger charge is 2.35. The van der Waals surface area contributed by atoms with Crippen molar-refractivity contribution in [3.63, 3.8) is 0 Å². The topological polar surface area (TPSA) is 55.8 Å². The zero-order valence-corrected chi connectivity index (χ0v) is 18.1. The van der Waals surface area contributed by atoms with E-state index in [1.165, 1.54) is 4.90 Å². The maximum absolute atomic E-state index is 12.7. The van der Waals surface area contributed by atoms with Crippen LogP contribution in [0.25, 0.3) is 6.08 Å². The molecule has 1 saturated heterocycles. The number of rotatable bonds is 7. The molecular formula is C20H17BrClNO4S. The Bertz CT molecular complexity index is 917. The number of thioether (sulfide) groups is 1. The fourth-order valence-corrected chi connectivity index (χ4v) is 3.90. The van der Waals surface area contributed by atoms with E-state index in [9.17, 15) is 9.59 Å². The van der Waals surface area contributed by atoms with Gasteiger partial charge in [0.1, 0.15) is 18.1 Å². The molecule has 0 N–H and O–H groups in total. The van der Waals surface area contributed by atoms with Gasteiger partial charge in [0.15, 0.2) is 0 Å². The Morgan fingerprint density at radius 3 is 2.61 bits per heavy atom. The molecule has 146 valence electrons. The molecule has 2 aromatic carbocycles. The molecule has 0 saturated carbocycles. The molecule has 3 rings (SSSR count). The number of hydrogen-bond acceptors (Lipinski definition) is 5. The summed E-state index contributed by atoms with van der Waals surface area (Å²) in [7, 11) is 0. The van der Waals surface area contributed by atoms with Gasteiger partial charge in [0.05, 0.1) is 18.1 Å². The molecule has 5 nitrogen and oxygen atoms in total. The van der Waals surface area contributed by atoms with Crippen LogP contribution in [-0.2, 0) is 4.79 Å². The molecule has 28 heavy (non-hydrogen) atoms. The maximum atomic E-state index is 12.7. The molecule has 0 spiro atoms. The van der Waals surface area contributed by atoms with Gasteiger partial charge in [0.25, 0.3) is 11.1 Å². The number of ether oxygens (including phenoxy) is 2. The normalized spacial score (nSPS) is 15.4. The van der Waals surface area contributed by atoms with Crippen LogP contribution in [-0.4, -0.2) is 35.8 Å². The van der Waals surface area contributed by atoms with Gasteiger partial charge in [-0.3, -0.25) is 14.5 Å². The first kappa shape index (κ1) is 20.8. The number of amides is 2. The summed E-state index contributed by atoms with van der Waals surface area (Å²) >= 11 is 10.2. The molecule has 1 heterocycles. The highest BCUT2D eigenvalue weighted by molar-refractivity contribution is 9.10.